The number of nitrogens with zero attached hydrogens (tertiary/aromatic N) is 4. The van der Waals surface area contributed by atoms with Crippen LogP contribution in [0.3, 0.4) is 0 Å². The van der Waals surface area contributed by atoms with Crippen molar-refractivity contribution in [3.63, 3.8) is 0 Å². The highest BCUT2D eigenvalue weighted by Crippen LogP contribution is 2.27. The number of anilines is 1. The summed E-state index contributed by atoms with van der Waals surface area (Å²) in [4.78, 5) is 11.9. The highest BCUT2D eigenvalue weighted by atomic mass is 35.5. The Morgan fingerprint density at radius 2 is 2.32 bits per heavy atom. The topological polar surface area (TPSA) is 118 Å². The summed E-state index contributed by atoms with van der Waals surface area (Å²) in [5, 5.41) is 17.3. The first-order valence-corrected chi connectivity index (χ1v) is 7.64. The fourth-order valence-electron chi connectivity index (χ4n) is 1.98. The van der Waals surface area contributed by atoms with Crippen LogP contribution in [0.25, 0.3) is 11.3 Å². The lowest BCUT2D eigenvalue weighted by Gasteiger charge is -2.05. The molecule has 0 unspecified atom stereocenters. The molecule has 2 heterocycles. The van der Waals surface area contributed by atoms with Crippen LogP contribution in [0.2, 0.25) is 5.02 Å². The summed E-state index contributed by atoms with van der Waals surface area (Å²) in [5.41, 5.74) is 3.56. The molecule has 0 radical (unpaired) electrons. The molecule has 0 aliphatic heterocycles. The average molecular weight is 361 g/mol. The first-order chi connectivity index (χ1) is 12.2. The van der Waals surface area contributed by atoms with E-state index in [1.54, 1.807) is 37.3 Å². The van der Waals surface area contributed by atoms with Crippen LogP contribution in [0.15, 0.2) is 39.9 Å². The highest BCUT2D eigenvalue weighted by molar-refractivity contribution is 6.33. The maximum absolute atomic E-state index is 11.9. The van der Waals surface area contributed by atoms with Gasteiger partial charge in [0.25, 0.3) is 5.95 Å². The molecule has 25 heavy (non-hydrogen) atoms. The number of nitrogens with one attached hydrogen (secondary N) is 2. The van der Waals surface area contributed by atoms with E-state index in [1.807, 2.05) is 0 Å². The predicted molar refractivity (Wildman–Crippen MR) is 90.5 cm³/mol. The summed E-state index contributed by atoms with van der Waals surface area (Å²) in [5.74, 6) is 0.814. The molecule has 0 aliphatic carbocycles. The van der Waals surface area contributed by atoms with Crippen molar-refractivity contribution in [2.45, 2.75) is 6.92 Å². The highest BCUT2D eigenvalue weighted by Gasteiger charge is 2.14. The number of furan rings is 1. The summed E-state index contributed by atoms with van der Waals surface area (Å²) in [7, 11) is 0. The third-order valence-corrected chi connectivity index (χ3v) is 3.40. The van der Waals surface area contributed by atoms with Gasteiger partial charge in [-0.1, -0.05) is 16.7 Å². The van der Waals surface area contributed by atoms with Crippen LogP contribution in [-0.2, 0) is 4.74 Å². The van der Waals surface area contributed by atoms with Gasteiger partial charge in [-0.25, -0.2) is 10.2 Å². The Labute approximate surface area is 147 Å². The summed E-state index contributed by atoms with van der Waals surface area (Å²) in [6, 6.07) is 8.49. The molecule has 0 atom stereocenters. The van der Waals surface area contributed by atoms with E-state index in [-0.39, 0.29) is 18.1 Å². The number of aromatic amines is 1. The second-order valence-corrected chi connectivity index (χ2v) is 5.13. The minimum absolute atomic E-state index is 0.236. The molecule has 0 saturated heterocycles. The lowest BCUT2D eigenvalue weighted by Crippen LogP contribution is -2.05. The number of benzene rings is 1. The number of hydrogen-bond donors (Lipinski definition) is 2. The number of hydrogen-bond acceptors (Lipinski definition) is 8. The zero-order valence-corrected chi connectivity index (χ0v) is 13.8. The van der Waals surface area contributed by atoms with Crippen molar-refractivity contribution in [3.05, 3.63) is 46.7 Å². The van der Waals surface area contributed by atoms with Crippen LogP contribution in [-0.4, -0.2) is 39.4 Å². The summed E-state index contributed by atoms with van der Waals surface area (Å²) >= 11 is 6.06. The van der Waals surface area contributed by atoms with Gasteiger partial charge in [0.15, 0.2) is 0 Å². The monoisotopic (exact) mass is 360 g/mol. The maximum Gasteiger partial charge on any atom is 0.339 e. The number of carbonyl (C=O) groups is 1. The van der Waals surface area contributed by atoms with E-state index in [2.05, 4.69) is 31.2 Å². The predicted octanol–water partition coefficient (Wildman–Crippen LogP) is 2.74. The number of H-pyrrole nitrogens is 1. The first-order valence-electron chi connectivity index (χ1n) is 7.26. The molecular weight excluding hydrogens is 348 g/mol. The Morgan fingerprint density at radius 1 is 1.44 bits per heavy atom. The van der Waals surface area contributed by atoms with Crippen molar-refractivity contribution < 1.29 is 13.9 Å². The van der Waals surface area contributed by atoms with E-state index in [1.165, 1.54) is 6.21 Å². The van der Waals surface area contributed by atoms with E-state index in [4.69, 9.17) is 20.8 Å². The quantitative estimate of drug-likeness (QED) is 0.394. The van der Waals surface area contributed by atoms with Crippen molar-refractivity contribution in [1.82, 2.24) is 20.6 Å². The Bertz CT molecular complexity index is 891. The lowest BCUT2D eigenvalue weighted by molar-refractivity contribution is 0.0526. The number of carbonyl (C=O) groups excluding carboxylic acids is 1. The van der Waals surface area contributed by atoms with Gasteiger partial charge in [-0.2, -0.15) is 10.3 Å². The normalized spacial score (nSPS) is 11.0. The number of rotatable bonds is 6. The minimum Gasteiger partial charge on any atom is -0.462 e. The smallest absolute Gasteiger partial charge is 0.339 e. The number of ether oxygens (including phenoxy) is 1. The molecule has 0 aliphatic rings. The van der Waals surface area contributed by atoms with Gasteiger partial charge >= 0.3 is 5.97 Å². The molecule has 2 N–H and O–H groups in total. The largest absolute Gasteiger partial charge is 0.462 e. The average Bonchev–Trinajstić information content (AvgIpc) is 3.27. The van der Waals surface area contributed by atoms with Crippen LogP contribution >= 0.6 is 11.6 Å². The third kappa shape index (κ3) is 4.01. The zero-order chi connectivity index (χ0) is 17.6. The Morgan fingerprint density at radius 3 is 3.08 bits per heavy atom. The summed E-state index contributed by atoms with van der Waals surface area (Å²) in [6.45, 7) is 2.00. The van der Waals surface area contributed by atoms with Gasteiger partial charge in [-0.05, 0) is 42.5 Å². The molecule has 3 aromatic rings. The molecule has 3 rings (SSSR count). The fraction of sp³-hybridized carbons (Fsp3) is 0.133. The first kappa shape index (κ1) is 16.7. The van der Waals surface area contributed by atoms with Gasteiger partial charge in [0, 0.05) is 5.56 Å². The van der Waals surface area contributed by atoms with Gasteiger partial charge in [-0.3, -0.25) is 0 Å². The second kappa shape index (κ2) is 7.58. The maximum atomic E-state index is 11.9. The SMILES string of the molecule is CCOC(=O)c1cc(-c2ccc(C=NNc3nn[nH]n3)o2)ccc1Cl. The Kier molecular flexibility index (Phi) is 5.05. The van der Waals surface area contributed by atoms with Crippen LogP contribution in [0.5, 0.6) is 0 Å². The molecule has 2 aromatic heterocycles. The van der Waals surface area contributed by atoms with E-state index in [0.717, 1.165) is 0 Å². The lowest BCUT2D eigenvalue weighted by atomic mass is 10.1. The Hall–Kier alpha value is -3.20. The second-order valence-electron chi connectivity index (χ2n) is 4.72. The molecule has 9 nitrogen and oxygen atoms in total. The molecule has 0 bridgehead atoms. The van der Waals surface area contributed by atoms with Crippen molar-refractivity contribution in [1.29, 1.82) is 0 Å². The number of aromatic nitrogens is 4. The van der Waals surface area contributed by atoms with E-state index >= 15 is 0 Å². The van der Waals surface area contributed by atoms with E-state index in [9.17, 15) is 4.79 Å². The molecule has 0 amide bonds. The minimum atomic E-state index is -0.480. The molecule has 0 saturated carbocycles. The Balaban J connectivity index is 1.76. The van der Waals surface area contributed by atoms with Gasteiger partial charge in [-0.15, -0.1) is 5.10 Å². The number of hydrazone groups is 1. The van der Waals surface area contributed by atoms with Gasteiger partial charge < -0.3 is 9.15 Å². The number of halogens is 1. The van der Waals surface area contributed by atoms with Gasteiger partial charge in [0.2, 0.25) is 0 Å². The van der Waals surface area contributed by atoms with Crippen molar-refractivity contribution in [2.75, 3.05) is 12.0 Å². The third-order valence-electron chi connectivity index (χ3n) is 3.07. The van der Waals surface area contributed by atoms with Crippen LogP contribution < -0.4 is 5.43 Å². The van der Waals surface area contributed by atoms with Gasteiger partial charge in [0.1, 0.15) is 11.5 Å². The fourth-order valence-corrected chi connectivity index (χ4v) is 2.18. The van der Waals surface area contributed by atoms with E-state index in [0.29, 0.717) is 22.1 Å². The molecule has 1 aromatic carbocycles. The van der Waals surface area contributed by atoms with Crippen LogP contribution in [0.1, 0.15) is 23.0 Å². The van der Waals surface area contributed by atoms with E-state index < -0.39 is 5.97 Å². The summed E-state index contributed by atoms with van der Waals surface area (Å²) in [6.07, 6.45) is 1.46. The van der Waals surface area contributed by atoms with Crippen molar-refractivity contribution >= 4 is 29.7 Å². The number of tetrazole rings is 1. The van der Waals surface area contributed by atoms with Crippen LogP contribution in [0, 0.1) is 0 Å². The molecule has 0 spiro atoms. The molecule has 0 fully saturated rings. The molecule has 10 heteroatoms. The summed E-state index contributed by atoms with van der Waals surface area (Å²) < 4.78 is 10.7. The van der Waals surface area contributed by atoms with Gasteiger partial charge in [0.05, 0.1) is 23.4 Å². The zero-order valence-electron chi connectivity index (χ0n) is 13.1. The standard InChI is InChI=1S/C15H13ClN6O3/c1-2-24-14(23)11-7-9(3-5-12(11)16)13-6-4-10(25-13)8-17-18-15-19-21-22-20-15/h3-8H,2H2,1H3,(H2,18,19,20,21,22). The molecular formula is C15H13ClN6O3. The van der Waals surface area contributed by atoms with Crippen molar-refractivity contribution in [2.24, 2.45) is 5.10 Å². The molecule has 128 valence electrons. The number of esters is 1. The van der Waals surface area contributed by atoms with Crippen LogP contribution in [0.4, 0.5) is 5.95 Å². The van der Waals surface area contributed by atoms with Crippen molar-refractivity contribution in [3.8, 4) is 11.3 Å².